The molecule has 1 atom stereocenters. The molecule has 1 spiro atoms. The number of fused-ring (bicyclic) bond motifs is 1. The Labute approximate surface area is 107 Å². The summed E-state index contributed by atoms with van der Waals surface area (Å²) in [5.41, 5.74) is 4.49. The molecule has 2 aliphatic rings. The van der Waals surface area contributed by atoms with Gasteiger partial charge in [-0.25, -0.2) is 4.98 Å². The van der Waals surface area contributed by atoms with Crippen LogP contribution in [0.25, 0.3) is 11.0 Å². The standard InChI is InChI=1S/C15H19N3/c1-18-10-17-13-6-11(2-3-14(13)18)12-4-5-15(7-12)8-16-9-15/h2-3,6,10,12,16H,4-5,7-9H2,1H3. The average molecular weight is 241 g/mol. The third-order valence-corrected chi connectivity index (χ3v) is 4.92. The molecule has 94 valence electrons. The van der Waals surface area contributed by atoms with Crippen LogP contribution >= 0.6 is 0 Å². The monoisotopic (exact) mass is 241 g/mol. The Bertz CT molecular complexity index is 595. The first-order chi connectivity index (χ1) is 8.76. The molecule has 0 radical (unpaired) electrons. The lowest BCUT2D eigenvalue weighted by molar-refractivity contribution is 0.175. The fraction of sp³-hybridized carbons (Fsp3) is 0.533. The predicted octanol–water partition coefficient (Wildman–Crippen LogP) is 2.43. The molecule has 1 saturated heterocycles. The topological polar surface area (TPSA) is 29.9 Å². The number of nitrogens with zero attached hydrogens (tertiary/aromatic N) is 2. The molecule has 2 fully saturated rings. The predicted molar refractivity (Wildman–Crippen MR) is 72.6 cm³/mol. The zero-order valence-electron chi connectivity index (χ0n) is 10.8. The summed E-state index contributed by atoms with van der Waals surface area (Å²) >= 11 is 0. The van der Waals surface area contributed by atoms with Gasteiger partial charge >= 0.3 is 0 Å². The summed E-state index contributed by atoms with van der Waals surface area (Å²) in [6, 6.07) is 6.83. The van der Waals surface area contributed by atoms with Crippen LogP contribution in [-0.4, -0.2) is 22.6 Å². The Morgan fingerprint density at radius 2 is 2.28 bits per heavy atom. The molecule has 1 aliphatic heterocycles. The highest BCUT2D eigenvalue weighted by Gasteiger charge is 2.43. The third-order valence-electron chi connectivity index (χ3n) is 4.92. The first kappa shape index (κ1) is 10.6. The van der Waals surface area contributed by atoms with Crippen molar-refractivity contribution in [2.24, 2.45) is 12.5 Å². The summed E-state index contributed by atoms with van der Waals surface area (Å²) < 4.78 is 2.09. The van der Waals surface area contributed by atoms with Crippen molar-refractivity contribution in [1.82, 2.24) is 14.9 Å². The lowest BCUT2D eigenvalue weighted by Crippen LogP contribution is -2.51. The van der Waals surface area contributed by atoms with Gasteiger partial charge in [0.25, 0.3) is 0 Å². The first-order valence-electron chi connectivity index (χ1n) is 6.88. The van der Waals surface area contributed by atoms with Crippen LogP contribution in [0.2, 0.25) is 0 Å². The molecule has 1 N–H and O–H groups in total. The Kier molecular flexibility index (Phi) is 2.10. The molecule has 1 aliphatic carbocycles. The number of aromatic nitrogens is 2. The van der Waals surface area contributed by atoms with Crippen LogP contribution in [-0.2, 0) is 7.05 Å². The fourth-order valence-electron chi connectivity index (χ4n) is 3.70. The van der Waals surface area contributed by atoms with E-state index in [1.165, 1.54) is 43.4 Å². The largest absolute Gasteiger partial charge is 0.334 e. The second-order valence-electron chi connectivity index (χ2n) is 6.15. The maximum absolute atomic E-state index is 4.47. The molecule has 2 aromatic rings. The highest BCUT2D eigenvalue weighted by Crippen LogP contribution is 2.48. The van der Waals surface area contributed by atoms with E-state index in [1.807, 2.05) is 6.33 Å². The molecule has 0 bridgehead atoms. The van der Waals surface area contributed by atoms with Gasteiger partial charge in [-0.15, -0.1) is 0 Å². The molecule has 1 saturated carbocycles. The Balaban J connectivity index is 1.66. The molecule has 1 unspecified atom stereocenters. The highest BCUT2D eigenvalue weighted by atomic mass is 15.0. The number of hydrogen-bond donors (Lipinski definition) is 1. The van der Waals surface area contributed by atoms with E-state index in [2.05, 4.69) is 40.1 Å². The minimum absolute atomic E-state index is 0.629. The number of imidazole rings is 1. The van der Waals surface area contributed by atoms with Gasteiger partial charge in [-0.3, -0.25) is 0 Å². The fourth-order valence-corrected chi connectivity index (χ4v) is 3.70. The number of nitrogens with one attached hydrogen (secondary N) is 1. The Morgan fingerprint density at radius 3 is 3.00 bits per heavy atom. The molecule has 1 aromatic carbocycles. The molecule has 3 heteroatoms. The maximum atomic E-state index is 4.47. The SMILES string of the molecule is Cn1cnc2cc(C3CCC4(CNC4)C3)ccc21. The second kappa shape index (κ2) is 3.58. The molecule has 3 nitrogen and oxygen atoms in total. The van der Waals surface area contributed by atoms with E-state index < -0.39 is 0 Å². The van der Waals surface area contributed by atoms with Gasteiger partial charge in [0.2, 0.25) is 0 Å². The molecule has 4 rings (SSSR count). The van der Waals surface area contributed by atoms with Crippen LogP contribution in [0.4, 0.5) is 0 Å². The van der Waals surface area contributed by atoms with Crippen molar-refractivity contribution in [3.8, 4) is 0 Å². The third kappa shape index (κ3) is 1.43. The van der Waals surface area contributed by atoms with E-state index in [0.717, 1.165) is 11.4 Å². The Hall–Kier alpha value is -1.35. The zero-order chi connectivity index (χ0) is 12.2. The van der Waals surface area contributed by atoms with Gasteiger partial charge in [-0.2, -0.15) is 0 Å². The number of hydrogen-bond acceptors (Lipinski definition) is 2. The van der Waals surface area contributed by atoms with Crippen molar-refractivity contribution in [2.75, 3.05) is 13.1 Å². The van der Waals surface area contributed by atoms with E-state index in [4.69, 9.17) is 0 Å². The van der Waals surface area contributed by atoms with Crippen LogP contribution in [0, 0.1) is 5.41 Å². The normalized spacial score (nSPS) is 25.7. The lowest BCUT2D eigenvalue weighted by atomic mass is 9.79. The van der Waals surface area contributed by atoms with E-state index in [9.17, 15) is 0 Å². The van der Waals surface area contributed by atoms with Crippen LogP contribution in [0.1, 0.15) is 30.7 Å². The lowest BCUT2D eigenvalue weighted by Gasteiger charge is -2.39. The molecular weight excluding hydrogens is 222 g/mol. The minimum Gasteiger partial charge on any atom is -0.334 e. The van der Waals surface area contributed by atoms with E-state index in [-0.39, 0.29) is 0 Å². The van der Waals surface area contributed by atoms with E-state index >= 15 is 0 Å². The van der Waals surface area contributed by atoms with Gasteiger partial charge < -0.3 is 9.88 Å². The van der Waals surface area contributed by atoms with Crippen LogP contribution < -0.4 is 5.32 Å². The van der Waals surface area contributed by atoms with Gasteiger partial charge in [0.05, 0.1) is 17.4 Å². The van der Waals surface area contributed by atoms with E-state index in [1.54, 1.807) is 0 Å². The number of benzene rings is 1. The van der Waals surface area contributed by atoms with Crippen molar-refractivity contribution in [2.45, 2.75) is 25.2 Å². The summed E-state index contributed by atoms with van der Waals surface area (Å²) in [4.78, 5) is 4.47. The van der Waals surface area contributed by atoms with Gasteiger partial charge in [0.1, 0.15) is 0 Å². The summed E-state index contributed by atoms with van der Waals surface area (Å²) in [5.74, 6) is 0.749. The van der Waals surface area contributed by atoms with Crippen molar-refractivity contribution < 1.29 is 0 Å². The average Bonchev–Trinajstić information content (AvgIpc) is 2.93. The first-order valence-corrected chi connectivity index (χ1v) is 6.88. The summed E-state index contributed by atoms with van der Waals surface area (Å²) in [7, 11) is 2.06. The quantitative estimate of drug-likeness (QED) is 0.831. The summed E-state index contributed by atoms with van der Waals surface area (Å²) in [5, 5.41) is 3.43. The zero-order valence-corrected chi connectivity index (χ0v) is 10.8. The summed E-state index contributed by atoms with van der Waals surface area (Å²) in [6.07, 6.45) is 6.00. The number of rotatable bonds is 1. The van der Waals surface area contributed by atoms with Crippen LogP contribution in [0.3, 0.4) is 0 Å². The van der Waals surface area contributed by atoms with Gasteiger partial charge in [0.15, 0.2) is 0 Å². The van der Waals surface area contributed by atoms with Gasteiger partial charge in [-0.05, 0) is 48.3 Å². The molecule has 1 aromatic heterocycles. The van der Waals surface area contributed by atoms with Crippen molar-refractivity contribution in [1.29, 1.82) is 0 Å². The molecule has 0 amide bonds. The highest BCUT2D eigenvalue weighted by molar-refractivity contribution is 5.76. The molecular formula is C15H19N3. The summed E-state index contributed by atoms with van der Waals surface area (Å²) in [6.45, 7) is 2.46. The van der Waals surface area contributed by atoms with Crippen molar-refractivity contribution in [3.63, 3.8) is 0 Å². The van der Waals surface area contributed by atoms with Crippen LogP contribution in [0.15, 0.2) is 24.5 Å². The van der Waals surface area contributed by atoms with Gasteiger partial charge in [0, 0.05) is 20.1 Å². The minimum atomic E-state index is 0.629. The number of aryl methyl sites for hydroxylation is 1. The molecule has 2 heterocycles. The van der Waals surface area contributed by atoms with E-state index in [0.29, 0.717) is 5.41 Å². The second-order valence-corrected chi connectivity index (χ2v) is 6.15. The van der Waals surface area contributed by atoms with Crippen molar-refractivity contribution in [3.05, 3.63) is 30.1 Å². The van der Waals surface area contributed by atoms with Gasteiger partial charge in [-0.1, -0.05) is 6.07 Å². The Morgan fingerprint density at radius 1 is 1.39 bits per heavy atom. The van der Waals surface area contributed by atoms with Crippen LogP contribution in [0.5, 0.6) is 0 Å². The van der Waals surface area contributed by atoms with Crippen molar-refractivity contribution >= 4 is 11.0 Å². The maximum Gasteiger partial charge on any atom is 0.0955 e. The molecule has 18 heavy (non-hydrogen) atoms. The smallest absolute Gasteiger partial charge is 0.0955 e.